The van der Waals surface area contributed by atoms with Gasteiger partial charge in [-0.05, 0) is 37.3 Å². The standard InChI is InChI=1S/C15H19NO5/c16-15(14(17)18)6-1-2-10(15)5-7-19-11-3-4-12-13(8-11)21-9-20-12/h3-4,8,10H,1-2,5-7,9,16H2,(H,17,18). The van der Waals surface area contributed by atoms with Crippen LogP contribution in [-0.2, 0) is 4.79 Å². The van der Waals surface area contributed by atoms with Crippen molar-refractivity contribution in [2.45, 2.75) is 31.2 Å². The molecule has 1 fully saturated rings. The number of ether oxygens (including phenoxy) is 3. The number of aliphatic carboxylic acids is 1. The molecular weight excluding hydrogens is 274 g/mol. The van der Waals surface area contributed by atoms with Crippen LogP contribution in [-0.4, -0.2) is 30.0 Å². The van der Waals surface area contributed by atoms with Crippen LogP contribution in [0.15, 0.2) is 18.2 Å². The van der Waals surface area contributed by atoms with Gasteiger partial charge >= 0.3 is 5.97 Å². The van der Waals surface area contributed by atoms with Crippen molar-refractivity contribution in [1.29, 1.82) is 0 Å². The summed E-state index contributed by atoms with van der Waals surface area (Å²) in [5.41, 5.74) is 4.91. The minimum atomic E-state index is -1.10. The van der Waals surface area contributed by atoms with E-state index in [9.17, 15) is 9.90 Å². The molecule has 0 aromatic heterocycles. The molecule has 2 atom stereocenters. The van der Waals surface area contributed by atoms with Crippen molar-refractivity contribution in [2.75, 3.05) is 13.4 Å². The lowest BCUT2D eigenvalue weighted by Gasteiger charge is -2.26. The number of hydrogen-bond acceptors (Lipinski definition) is 5. The number of carboxylic acid groups (broad SMARTS) is 1. The van der Waals surface area contributed by atoms with Crippen LogP contribution < -0.4 is 19.9 Å². The van der Waals surface area contributed by atoms with E-state index < -0.39 is 11.5 Å². The number of carbonyl (C=O) groups is 1. The van der Waals surface area contributed by atoms with Crippen molar-refractivity contribution in [3.63, 3.8) is 0 Å². The highest BCUT2D eigenvalue weighted by molar-refractivity contribution is 5.79. The number of benzene rings is 1. The van der Waals surface area contributed by atoms with Crippen LogP contribution in [0, 0.1) is 5.92 Å². The van der Waals surface area contributed by atoms with E-state index in [2.05, 4.69) is 0 Å². The summed E-state index contributed by atoms with van der Waals surface area (Å²) in [5, 5.41) is 9.27. The van der Waals surface area contributed by atoms with Gasteiger partial charge < -0.3 is 25.1 Å². The van der Waals surface area contributed by atoms with Crippen LogP contribution in [0.3, 0.4) is 0 Å². The van der Waals surface area contributed by atoms with Crippen LogP contribution in [0.4, 0.5) is 0 Å². The minimum Gasteiger partial charge on any atom is -0.493 e. The second-order valence-electron chi connectivity index (χ2n) is 5.59. The van der Waals surface area contributed by atoms with Gasteiger partial charge in [0.05, 0.1) is 6.61 Å². The molecule has 21 heavy (non-hydrogen) atoms. The molecule has 0 amide bonds. The van der Waals surface area contributed by atoms with E-state index in [1.807, 2.05) is 6.07 Å². The highest BCUT2D eigenvalue weighted by Gasteiger charge is 2.45. The maximum atomic E-state index is 11.3. The third-order valence-corrected chi connectivity index (χ3v) is 4.35. The zero-order valence-corrected chi connectivity index (χ0v) is 11.7. The van der Waals surface area contributed by atoms with Gasteiger partial charge in [-0.1, -0.05) is 6.42 Å². The van der Waals surface area contributed by atoms with Crippen LogP contribution in [0.25, 0.3) is 0 Å². The fraction of sp³-hybridized carbons (Fsp3) is 0.533. The lowest BCUT2D eigenvalue weighted by molar-refractivity contribution is -0.144. The third kappa shape index (κ3) is 2.63. The Morgan fingerprint density at radius 1 is 1.43 bits per heavy atom. The molecular formula is C15H19NO5. The molecule has 1 aliphatic carbocycles. The van der Waals surface area contributed by atoms with Gasteiger partial charge in [-0.25, -0.2) is 0 Å². The molecule has 0 spiro atoms. The predicted molar refractivity (Wildman–Crippen MR) is 74.6 cm³/mol. The van der Waals surface area contributed by atoms with E-state index in [1.165, 1.54) is 0 Å². The molecule has 1 aliphatic heterocycles. The van der Waals surface area contributed by atoms with E-state index in [0.29, 0.717) is 36.7 Å². The Morgan fingerprint density at radius 2 is 2.24 bits per heavy atom. The summed E-state index contributed by atoms with van der Waals surface area (Å²) in [6.07, 6.45) is 2.87. The Bertz CT molecular complexity index is 547. The summed E-state index contributed by atoms with van der Waals surface area (Å²) in [7, 11) is 0. The smallest absolute Gasteiger partial charge is 0.323 e. The molecule has 1 aromatic carbocycles. The minimum absolute atomic E-state index is 0.0380. The van der Waals surface area contributed by atoms with Gasteiger partial charge in [-0.3, -0.25) is 4.79 Å². The lowest BCUT2D eigenvalue weighted by Crippen LogP contribution is -2.51. The maximum absolute atomic E-state index is 11.3. The molecule has 0 bridgehead atoms. The van der Waals surface area contributed by atoms with Crippen molar-refractivity contribution in [2.24, 2.45) is 11.7 Å². The quantitative estimate of drug-likeness (QED) is 0.859. The Hall–Kier alpha value is -1.95. The Labute approximate surface area is 122 Å². The summed E-state index contributed by atoms with van der Waals surface area (Å²) in [5.74, 6) is 1.13. The van der Waals surface area contributed by atoms with Gasteiger partial charge in [-0.2, -0.15) is 0 Å². The van der Waals surface area contributed by atoms with Crippen LogP contribution in [0.1, 0.15) is 25.7 Å². The third-order valence-electron chi connectivity index (χ3n) is 4.35. The number of rotatable bonds is 5. The molecule has 2 unspecified atom stereocenters. The van der Waals surface area contributed by atoms with Crippen LogP contribution in [0.2, 0.25) is 0 Å². The second-order valence-corrected chi connectivity index (χ2v) is 5.59. The van der Waals surface area contributed by atoms with E-state index >= 15 is 0 Å². The number of carboxylic acids is 1. The largest absolute Gasteiger partial charge is 0.493 e. The van der Waals surface area contributed by atoms with Crippen molar-refractivity contribution >= 4 is 5.97 Å². The van der Waals surface area contributed by atoms with Gasteiger partial charge in [0.2, 0.25) is 6.79 Å². The van der Waals surface area contributed by atoms with Crippen LogP contribution >= 0.6 is 0 Å². The zero-order chi connectivity index (χ0) is 14.9. The number of hydrogen-bond donors (Lipinski definition) is 2. The first-order chi connectivity index (χ1) is 10.1. The summed E-state index contributed by atoms with van der Waals surface area (Å²) in [6.45, 7) is 0.672. The zero-order valence-electron chi connectivity index (χ0n) is 11.7. The molecule has 0 radical (unpaired) electrons. The molecule has 1 aromatic rings. The molecule has 6 nitrogen and oxygen atoms in total. The monoisotopic (exact) mass is 293 g/mol. The Kier molecular flexibility index (Phi) is 3.63. The van der Waals surface area contributed by atoms with Crippen molar-refractivity contribution in [3.05, 3.63) is 18.2 Å². The second kappa shape index (κ2) is 5.44. The number of fused-ring (bicyclic) bond motifs is 1. The van der Waals surface area contributed by atoms with E-state index in [0.717, 1.165) is 12.8 Å². The van der Waals surface area contributed by atoms with Gasteiger partial charge in [-0.15, -0.1) is 0 Å². The fourth-order valence-corrected chi connectivity index (χ4v) is 3.07. The average Bonchev–Trinajstić information content (AvgIpc) is 3.06. The highest BCUT2D eigenvalue weighted by Crippen LogP contribution is 2.37. The van der Waals surface area contributed by atoms with Gasteiger partial charge in [0.25, 0.3) is 0 Å². The summed E-state index contributed by atoms with van der Waals surface area (Å²) in [6, 6.07) is 5.40. The molecule has 1 heterocycles. The average molecular weight is 293 g/mol. The molecule has 1 saturated carbocycles. The van der Waals surface area contributed by atoms with E-state index in [-0.39, 0.29) is 12.7 Å². The summed E-state index contributed by atoms with van der Waals surface area (Å²) in [4.78, 5) is 11.3. The summed E-state index contributed by atoms with van der Waals surface area (Å²) < 4.78 is 16.2. The SMILES string of the molecule is NC1(C(=O)O)CCCC1CCOc1ccc2c(c1)OCO2. The van der Waals surface area contributed by atoms with Gasteiger partial charge in [0, 0.05) is 6.07 Å². The molecule has 2 aliphatic rings. The Balaban J connectivity index is 1.55. The van der Waals surface area contributed by atoms with Crippen LogP contribution in [0.5, 0.6) is 17.2 Å². The van der Waals surface area contributed by atoms with Gasteiger partial charge in [0.1, 0.15) is 11.3 Å². The van der Waals surface area contributed by atoms with Crippen molar-refractivity contribution in [1.82, 2.24) is 0 Å². The molecule has 3 N–H and O–H groups in total. The normalized spacial score (nSPS) is 26.8. The fourth-order valence-electron chi connectivity index (χ4n) is 3.07. The first kappa shape index (κ1) is 14.0. The molecule has 3 rings (SSSR count). The maximum Gasteiger partial charge on any atom is 0.323 e. The molecule has 114 valence electrons. The molecule has 0 saturated heterocycles. The highest BCUT2D eigenvalue weighted by atomic mass is 16.7. The number of nitrogens with two attached hydrogens (primary N) is 1. The lowest BCUT2D eigenvalue weighted by atomic mass is 9.86. The van der Waals surface area contributed by atoms with Crippen molar-refractivity contribution < 1.29 is 24.1 Å². The first-order valence-electron chi connectivity index (χ1n) is 7.14. The molecule has 6 heteroatoms. The van der Waals surface area contributed by atoms with E-state index in [1.54, 1.807) is 12.1 Å². The van der Waals surface area contributed by atoms with E-state index in [4.69, 9.17) is 19.9 Å². The predicted octanol–water partition coefficient (Wildman–Crippen LogP) is 1.77. The van der Waals surface area contributed by atoms with Crippen molar-refractivity contribution in [3.8, 4) is 17.2 Å². The Morgan fingerprint density at radius 3 is 3.05 bits per heavy atom. The first-order valence-corrected chi connectivity index (χ1v) is 7.14. The summed E-state index contributed by atoms with van der Waals surface area (Å²) >= 11 is 0. The van der Waals surface area contributed by atoms with Gasteiger partial charge in [0.15, 0.2) is 11.5 Å². The topological polar surface area (TPSA) is 91.0 Å².